The van der Waals surface area contributed by atoms with Crippen LogP contribution in [0.15, 0.2) is 18.2 Å². The lowest BCUT2D eigenvalue weighted by Crippen LogP contribution is -2.47. The fourth-order valence-electron chi connectivity index (χ4n) is 3.79. The summed E-state index contributed by atoms with van der Waals surface area (Å²) >= 11 is 0. The normalized spacial score (nSPS) is 20.2. The highest BCUT2D eigenvalue weighted by Gasteiger charge is 2.32. The van der Waals surface area contributed by atoms with Crippen LogP contribution in [-0.2, 0) is 19.1 Å². The number of fused-ring (bicyclic) bond motifs is 1. The number of benzene rings is 1. The van der Waals surface area contributed by atoms with Gasteiger partial charge in [0.1, 0.15) is 6.23 Å². The molecular weight excluding hydrogens is 420 g/mol. The molecule has 11 heteroatoms. The molecule has 3 amide bonds. The molecule has 4 rings (SSSR count). The summed E-state index contributed by atoms with van der Waals surface area (Å²) in [7, 11) is 0. The molecule has 3 aliphatic heterocycles. The maximum atomic E-state index is 12.9. The van der Waals surface area contributed by atoms with Crippen LogP contribution in [0.2, 0.25) is 0 Å². The molecule has 0 spiro atoms. The van der Waals surface area contributed by atoms with Gasteiger partial charge in [-0.05, 0) is 31.2 Å². The molecule has 0 aliphatic carbocycles. The lowest BCUT2D eigenvalue weighted by molar-refractivity contribution is -0.139. The van der Waals surface area contributed by atoms with Gasteiger partial charge < -0.3 is 34.5 Å². The van der Waals surface area contributed by atoms with Gasteiger partial charge in [0.15, 0.2) is 11.5 Å². The SMILES string of the molecule is O=C(NCCCN1CCOCC1)C(=O)NC[C@H]1OCCN1C(=O)c1ccc2c(c1)OCO2. The van der Waals surface area contributed by atoms with Crippen LogP contribution in [0.5, 0.6) is 11.5 Å². The first kappa shape index (κ1) is 22.3. The molecule has 1 aromatic rings. The smallest absolute Gasteiger partial charge is 0.309 e. The molecule has 0 bridgehead atoms. The van der Waals surface area contributed by atoms with E-state index in [9.17, 15) is 14.4 Å². The van der Waals surface area contributed by atoms with Gasteiger partial charge in [-0.1, -0.05) is 0 Å². The molecule has 32 heavy (non-hydrogen) atoms. The molecule has 0 radical (unpaired) electrons. The number of morpholine rings is 1. The second-order valence-corrected chi connectivity index (χ2v) is 7.67. The molecule has 11 nitrogen and oxygen atoms in total. The molecule has 174 valence electrons. The van der Waals surface area contributed by atoms with Crippen LogP contribution in [0.3, 0.4) is 0 Å². The molecule has 3 heterocycles. The zero-order valence-electron chi connectivity index (χ0n) is 17.8. The predicted molar refractivity (Wildman–Crippen MR) is 111 cm³/mol. The van der Waals surface area contributed by atoms with Gasteiger partial charge >= 0.3 is 11.8 Å². The van der Waals surface area contributed by atoms with Crippen molar-refractivity contribution < 1.29 is 33.3 Å². The topological polar surface area (TPSA) is 119 Å². The lowest BCUT2D eigenvalue weighted by atomic mass is 10.1. The summed E-state index contributed by atoms with van der Waals surface area (Å²) in [6.45, 7) is 5.38. The van der Waals surface area contributed by atoms with Crippen LogP contribution < -0.4 is 20.1 Å². The van der Waals surface area contributed by atoms with Crippen LogP contribution in [0.4, 0.5) is 0 Å². The molecule has 2 N–H and O–H groups in total. The third-order valence-electron chi connectivity index (χ3n) is 5.55. The predicted octanol–water partition coefficient (Wildman–Crippen LogP) is -0.831. The van der Waals surface area contributed by atoms with Crippen molar-refractivity contribution in [2.75, 3.05) is 65.9 Å². The molecule has 1 atom stereocenters. The van der Waals surface area contributed by atoms with Crippen molar-refractivity contribution >= 4 is 17.7 Å². The van der Waals surface area contributed by atoms with E-state index >= 15 is 0 Å². The Hall–Kier alpha value is -2.89. The minimum Gasteiger partial charge on any atom is -0.454 e. The highest BCUT2D eigenvalue weighted by Crippen LogP contribution is 2.33. The fraction of sp³-hybridized carbons (Fsp3) is 0.571. The second-order valence-electron chi connectivity index (χ2n) is 7.67. The van der Waals surface area contributed by atoms with Crippen molar-refractivity contribution in [2.45, 2.75) is 12.6 Å². The molecule has 0 aromatic heterocycles. The largest absolute Gasteiger partial charge is 0.454 e. The molecule has 0 saturated carbocycles. The fourth-order valence-corrected chi connectivity index (χ4v) is 3.79. The Morgan fingerprint density at radius 3 is 2.59 bits per heavy atom. The number of amides is 3. The number of ether oxygens (including phenoxy) is 4. The van der Waals surface area contributed by atoms with E-state index in [2.05, 4.69) is 15.5 Å². The van der Waals surface area contributed by atoms with Gasteiger partial charge in [-0.2, -0.15) is 0 Å². The Morgan fingerprint density at radius 2 is 1.75 bits per heavy atom. The number of carbonyl (C=O) groups excluding carboxylic acids is 3. The molecule has 2 fully saturated rings. The van der Waals surface area contributed by atoms with E-state index in [-0.39, 0.29) is 19.2 Å². The van der Waals surface area contributed by atoms with E-state index in [1.807, 2.05) is 0 Å². The molecule has 1 aromatic carbocycles. The number of nitrogens with zero attached hydrogens (tertiary/aromatic N) is 2. The Bertz CT molecular complexity index is 843. The van der Waals surface area contributed by atoms with E-state index in [1.165, 1.54) is 4.90 Å². The molecule has 3 aliphatic rings. The van der Waals surface area contributed by atoms with E-state index < -0.39 is 18.0 Å². The van der Waals surface area contributed by atoms with Crippen molar-refractivity contribution in [3.8, 4) is 11.5 Å². The van der Waals surface area contributed by atoms with Crippen LogP contribution in [0.1, 0.15) is 16.8 Å². The number of hydrogen-bond acceptors (Lipinski definition) is 8. The highest BCUT2D eigenvalue weighted by atomic mass is 16.7. The summed E-state index contributed by atoms with van der Waals surface area (Å²) in [4.78, 5) is 40.8. The molecule has 2 saturated heterocycles. The minimum absolute atomic E-state index is 0.0241. The first-order chi connectivity index (χ1) is 15.6. The Kier molecular flexibility index (Phi) is 7.40. The average molecular weight is 448 g/mol. The summed E-state index contributed by atoms with van der Waals surface area (Å²) in [5.41, 5.74) is 0.439. The summed E-state index contributed by atoms with van der Waals surface area (Å²) in [5, 5.41) is 5.18. The van der Waals surface area contributed by atoms with E-state index in [1.54, 1.807) is 18.2 Å². The van der Waals surface area contributed by atoms with Crippen molar-refractivity contribution in [3.63, 3.8) is 0 Å². The number of hydrogen-bond donors (Lipinski definition) is 2. The maximum Gasteiger partial charge on any atom is 0.309 e. The quantitative estimate of drug-likeness (QED) is 0.410. The Labute approximate surface area is 185 Å². The second kappa shape index (κ2) is 10.6. The third kappa shape index (κ3) is 5.47. The van der Waals surface area contributed by atoms with Gasteiger partial charge in [0.25, 0.3) is 5.91 Å². The van der Waals surface area contributed by atoms with Crippen LogP contribution in [-0.4, -0.2) is 99.6 Å². The van der Waals surface area contributed by atoms with Crippen molar-refractivity contribution in [1.82, 2.24) is 20.4 Å². The summed E-state index contributed by atoms with van der Waals surface area (Å²) in [6.07, 6.45) is 0.105. The minimum atomic E-state index is -0.748. The summed E-state index contributed by atoms with van der Waals surface area (Å²) in [6, 6.07) is 4.98. The van der Waals surface area contributed by atoms with Crippen LogP contribution >= 0.6 is 0 Å². The van der Waals surface area contributed by atoms with Gasteiger partial charge in [-0.15, -0.1) is 0 Å². The lowest BCUT2D eigenvalue weighted by Gasteiger charge is -2.26. The number of rotatable bonds is 7. The van der Waals surface area contributed by atoms with Gasteiger partial charge in [0, 0.05) is 31.7 Å². The average Bonchev–Trinajstić information content (AvgIpc) is 3.49. The Balaban J connectivity index is 1.19. The van der Waals surface area contributed by atoms with Crippen molar-refractivity contribution in [1.29, 1.82) is 0 Å². The van der Waals surface area contributed by atoms with Crippen molar-refractivity contribution in [3.05, 3.63) is 23.8 Å². The van der Waals surface area contributed by atoms with Gasteiger partial charge in [-0.25, -0.2) is 0 Å². The summed E-state index contributed by atoms with van der Waals surface area (Å²) < 4.78 is 21.5. The standard InChI is InChI=1S/C21H28N4O7/c26-19(22-4-1-5-24-6-9-29-10-7-24)20(27)23-13-18-25(8-11-30-18)21(28)15-2-3-16-17(12-15)32-14-31-16/h2-3,12,18H,1,4-11,13-14H2,(H,22,26)(H,23,27)/t18-/m1/s1. The Morgan fingerprint density at radius 1 is 0.969 bits per heavy atom. The van der Waals surface area contributed by atoms with Gasteiger partial charge in [-0.3, -0.25) is 19.3 Å². The monoisotopic (exact) mass is 448 g/mol. The van der Waals surface area contributed by atoms with E-state index in [0.717, 1.165) is 39.3 Å². The van der Waals surface area contributed by atoms with Gasteiger partial charge in [0.2, 0.25) is 6.79 Å². The zero-order chi connectivity index (χ0) is 22.3. The molecular formula is C21H28N4O7. The number of carbonyl (C=O) groups is 3. The zero-order valence-corrected chi connectivity index (χ0v) is 17.8. The van der Waals surface area contributed by atoms with Gasteiger partial charge in [0.05, 0.1) is 26.4 Å². The van der Waals surface area contributed by atoms with E-state index in [0.29, 0.717) is 36.8 Å². The van der Waals surface area contributed by atoms with Crippen molar-refractivity contribution in [2.24, 2.45) is 0 Å². The van der Waals surface area contributed by atoms with Crippen LogP contribution in [0.25, 0.3) is 0 Å². The maximum absolute atomic E-state index is 12.9. The highest BCUT2D eigenvalue weighted by molar-refractivity contribution is 6.35. The first-order valence-electron chi connectivity index (χ1n) is 10.8. The number of nitrogens with one attached hydrogen (secondary N) is 2. The van der Waals surface area contributed by atoms with Crippen LogP contribution in [0, 0.1) is 0 Å². The molecule has 0 unspecified atom stereocenters. The third-order valence-corrected chi connectivity index (χ3v) is 5.55. The summed E-state index contributed by atoms with van der Waals surface area (Å²) in [5.74, 6) is -0.571. The first-order valence-corrected chi connectivity index (χ1v) is 10.8. The van der Waals surface area contributed by atoms with E-state index in [4.69, 9.17) is 18.9 Å².